The molecule has 1 heterocycles. The van der Waals surface area contributed by atoms with E-state index < -0.39 is 0 Å². The van der Waals surface area contributed by atoms with E-state index >= 15 is 0 Å². The molecule has 0 spiro atoms. The molecule has 0 saturated heterocycles. The summed E-state index contributed by atoms with van der Waals surface area (Å²) in [4.78, 5) is 3.84. The third kappa shape index (κ3) is 2.41. The molecule has 0 radical (unpaired) electrons. The standard InChI is InChI=1S/C11H7Cl2NO/c12-9-6-14-7-10(13)11(9)15-8-4-2-1-3-5-8/h1-7H. The fourth-order valence-electron chi connectivity index (χ4n) is 1.10. The maximum atomic E-state index is 5.91. The summed E-state index contributed by atoms with van der Waals surface area (Å²) in [6.45, 7) is 0. The maximum absolute atomic E-state index is 5.91. The van der Waals surface area contributed by atoms with Gasteiger partial charge in [0.05, 0.1) is 0 Å². The minimum atomic E-state index is 0.395. The number of halogens is 2. The zero-order valence-corrected chi connectivity index (χ0v) is 9.16. The van der Waals surface area contributed by atoms with Crippen molar-refractivity contribution in [1.82, 2.24) is 4.98 Å². The van der Waals surface area contributed by atoms with Gasteiger partial charge in [-0.2, -0.15) is 0 Å². The van der Waals surface area contributed by atoms with Gasteiger partial charge in [-0.15, -0.1) is 0 Å². The zero-order valence-electron chi connectivity index (χ0n) is 7.65. The van der Waals surface area contributed by atoms with Crippen LogP contribution in [0.25, 0.3) is 0 Å². The first-order chi connectivity index (χ1) is 7.27. The normalized spacial score (nSPS) is 10.0. The molecule has 0 unspecified atom stereocenters. The van der Waals surface area contributed by atoms with E-state index in [1.807, 2.05) is 30.3 Å². The molecule has 0 N–H and O–H groups in total. The van der Waals surface area contributed by atoms with Crippen LogP contribution in [0.3, 0.4) is 0 Å². The molecule has 1 aromatic carbocycles. The van der Waals surface area contributed by atoms with Gasteiger partial charge >= 0.3 is 0 Å². The molecular formula is C11H7Cl2NO. The van der Waals surface area contributed by atoms with Gasteiger partial charge in [0.1, 0.15) is 15.8 Å². The lowest BCUT2D eigenvalue weighted by atomic mass is 10.3. The summed E-state index contributed by atoms with van der Waals surface area (Å²) in [5, 5.41) is 0.790. The van der Waals surface area contributed by atoms with Crippen LogP contribution in [-0.2, 0) is 0 Å². The summed E-state index contributed by atoms with van der Waals surface area (Å²) in [6.07, 6.45) is 2.98. The molecule has 0 fully saturated rings. The first-order valence-electron chi connectivity index (χ1n) is 4.29. The molecule has 2 rings (SSSR count). The van der Waals surface area contributed by atoms with E-state index in [1.54, 1.807) is 0 Å². The van der Waals surface area contributed by atoms with Crippen molar-refractivity contribution in [2.24, 2.45) is 0 Å². The Kier molecular flexibility index (Phi) is 3.09. The van der Waals surface area contributed by atoms with Crippen molar-refractivity contribution < 1.29 is 4.74 Å². The fourth-order valence-corrected chi connectivity index (χ4v) is 1.55. The van der Waals surface area contributed by atoms with Crippen molar-refractivity contribution in [3.63, 3.8) is 0 Å². The number of pyridine rings is 1. The molecule has 0 amide bonds. The highest BCUT2D eigenvalue weighted by Gasteiger charge is 2.07. The quantitative estimate of drug-likeness (QED) is 0.785. The molecule has 15 heavy (non-hydrogen) atoms. The topological polar surface area (TPSA) is 22.1 Å². The minimum absolute atomic E-state index is 0.395. The van der Waals surface area contributed by atoms with E-state index in [1.165, 1.54) is 12.4 Å². The molecule has 76 valence electrons. The summed E-state index contributed by atoms with van der Waals surface area (Å²) in [6, 6.07) is 9.31. The Hall–Kier alpha value is -1.25. The van der Waals surface area contributed by atoms with Crippen LogP contribution in [0.1, 0.15) is 0 Å². The molecule has 0 bridgehead atoms. The number of rotatable bonds is 2. The highest BCUT2D eigenvalue weighted by atomic mass is 35.5. The van der Waals surface area contributed by atoms with Crippen LogP contribution in [0.2, 0.25) is 10.0 Å². The lowest BCUT2D eigenvalue weighted by Crippen LogP contribution is -1.87. The summed E-state index contributed by atoms with van der Waals surface area (Å²) in [5.74, 6) is 1.12. The highest BCUT2D eigenvalue weighted by Crippen LogP contribution is 2.34. The van der Waals surface area contributed by atoms with E-state index in [9.17, 15) is 0 Å². The Morgan fingerprint density at radius 3 is 2.13 bits per heavy atom. The van der Waals surface area contributed by atoms with E-state index in [-0.39, 0.29) is 0 Å². The van der Waals surface area contributed by atoms with Gasteiger partial charge in [-0.05, 0) is 12.1 Å². The zero-order chi connectivity index (χ0) is 10.7. The van der Waals surface area contributed by atoms with Crippen molar-refractivity contribution >= 4 is 23.2 Å². The number of hydrogen-bond donors (Lipinski definition) is 0. The average Bonchev–Trinajstić information content (AvgIpc) is 2.25. The van der Waals surface area contributed by atoms with Gasteiger partial charge in [0.2, 0.25) is 0 Å². The Labute approximate surface area is 97.4 Å². The van der Waals surface area contributed by atoms with Crippen molar-refractivity contribution in [3.05, 3.63) is 52.8 Å². The number of ether oxygens (including phenoxy) is 1. The summed E-state index contributed by atoms with van der Waals surface area (Å²) in [7, 11) is 0. The van der Waals surface area contributed by atoms with Crippen LogP contribution >= 0.6 is 23.2 Å². The second-order valence-corrected chi connectivity index (χ2v) is 3.66. The van der Waals surface area contributed by atoms with E-state index in [4.69, 9.17) is 27.9 Å². The SMILES string of the molecule is Clc1cncc(Cl)c1Oc1ccccc1. The minimum Gasteiger partial charge on any atom is -0.454 e. The van der Waals surface area contributed by atoms with E-state index in [0.717, 1.165) is 0 Å². The van der Waals surface area contributed by atoms with Gasteiger partial charge in [0.25, 0.3) is 0 Å². The molecular weight excluding hydrogens is 233 g/mol. The smallest absolute Gasteiger partial charge is 0.167 e. The molecule has 2 aromatic rings. The molecule has 0 aliphatic carbocycles. The van der Waals surface area contributed by atoms with Crippen molar-refractivity contribution in [2.75, 3.05) is 0 Å². The van der Waals surface area contributed by atoms with Crippen LogP contribution in [0.15, 0.2) is 42.7 Å². The first-order valence-corrected chi connectivity index (χ1v) is 5.05. The van der Waals surface area contributed by atoms with Crippen LogP contribution in [0.5, 0.6) is 11.5 Å². The van der Waals surface area contributed by atoms with Gasteiger partial charge in [-0.1, -0.05) is 41.4 Å². The lowest BCUT2D eigenvalue weighted by molar-refractivity contribution is 0.482. The van der Waals surface area contributed by atoms with E-state index in [0.29, 0.717) is 21.5 Å². The Morgan fingerprint density at radius 2 is 1.53 bits per heavy atom. The second kappa shape index (κ2) is 4.51. The molecule has 2 nitrogen and oxygen atoms in total. The monoisotopic (exact) mass is 239 g/mol. The Balaban J connectivity index is 2.32. The summed E-state index contributed by atoms with van der Waals surface area (Å²) >= 11 is 11.8. The van der Waals surface area contributed by atoms with Crippen LogP contribution < -0.4 is 4.74 Å². The molecule has 0 saturated carbocycles. The third-order valence-corrected chi connectivity index (χ3v) is 2.31. The van der Waals surface area contributed by atoms with Gasteiger partial charge < -0.3 is 4.74 Å². The van der Waals surface area contributed by atoms with Crippen molar-refractivity contribution in [2.45, 2.75) is 0 Å². The fraction of sp³-hybridized carbons (Fsp3) is 0. The van der Waals surface area contributed by atoms with Gasteiger partial charge in [0.15, 0.2) is 5.75 Å². The second-order valence-electron chi connectivity index (χ2n) is 2.85. The average molecular weight is 240 g/mol. The highest BCUT2D eigenvalue weighted by molar-refractivity contribution is 6.36. The molecule has 0 aliphatic rings. The predicted octanol–water partition coefficient (Wildman–Crippen LogP) is 4.18. The predicted molar refractivity (Wildman–Crippen MR) is 60.8 cm³/mol. The van der Waals surface area contributed by atoms with Crippen LogP contribution in [0, 0.1) is 0 Å². The van der Waals surface area contributed by atoms with Crippen LogP contribution in [-0.4, -0.2) is 4.98 Å². The number of hydrogen-bond acceptors (Lipinski definition) is 2. The number of benzene rings is 1. The number of para-hydroxylation sites is 1. The van der Waals surface area contributed by atoms with Gasteiger partial charge in [-0.3, -0.25) is 4.98 Å². The molecule has 4 heteroatoms. The maximum Gasteiger partial charge on any atom is 0.167 e. The first kappa shape index (κ1) is 10.3. The lowest BCUT2D eigenvalue weighted by Gasteiger charge is -2.08. The largest absolute Gasteiger partial charge is 0.454 e. The van der Waals surface area contributed by atoms with Gasteiger partial charge in [-0.25, -0.2) is 0 Å². The number of nitrogens with zero attached hydrogens (tertiary/aromatic N) is 1. The summed E-state index contributed by atoms with van der Waals surface area (Å²) in [5.41, 5.74) is 0. The third-order valence-electron chi connectivity index (χ3n) is 1.77. The molecule has 0 aliphatic heterocycles. The van der Waals surface area contributed by atoms with Crippen molar-refractivity contribution in [1.29, 1.82) is 0 Å². The van der Waals surface area contributed by atoms with E-state index in [2.05, 4.69) is 4.98 Å². The number of aromatic nitrogens is 1. The van der Waals surface area contributed by atoms with Crippen LogP contribution in [0.4, 0.5) is 0 Å². The van der Waals surface area contributed by atoms with Gasteiger partial charge in [0, 0.05) is 12.4 Å². The summed E-state index contributed by atoms with van der Waals surface area (Å²) < 4.78 is 5.54. The molecule has 0 atom stereocenters. The Morgan fingerprint density at radius 1 is 0.933 bits per heavy atom. The van der Waals surface area contributed by atoms with Crippen molar-refractivity contribution in [3.8, 4) is 11.5 Å². The molecule has 1 aromatic heterocycles. The Bertz CT molecular complexity index is 439.